The Morgan fingerprint density at radius 2 is 0.672 bits per heavy atom. The second kappa shape index (κ2) is 14.3. The number of para-hydroxylation sites is 2. The lowest BCUT2D eigenvalue weighted by Crippen LogP contribution is -2.06. The Balaban J connectivity index is 1.03. The SMILES string of the molecule is c1ccc(S(c2ccccc2)(c2ccccc2)c2cccc(-n3c4ccccc4c4cc(-c5ccc6c(c5)c5ccccc5n6-c5ccc6ccccc6c5)ccc43)c2)cc1. The third-order valence-corrected chi connectivity index (χ3v) is 16.3. The Kier molecular flexibility index (Phi) is 8.29. The second-order valence-electron chi connectivity index (χ2n) is 15.7. The predicted molar refractivity (Wildman–Crippen MR) is 258 cm³/mol. The van der Waals surface area contributed by atoms with Gasteiger partial charge in [0.15, 0.2) is 0 Å². The van der Waals surface area contributed by atoms with Crippen LogP contribution >= 0.6 is 10.0 Å². The van der Waals surface area contributed by atoms with Crippen LogP contribution in [0.3, 0.4) is 0 Å². The van der Waals surface area contributed by atoms with E-state index in [1.54, 1.807) is 0 Å². The first-order valence-corrected chi connectivity index (χ1v) is 22.5. The van der Waals surface area contributed by atoms with Crippen LogP contribution in [-0.2, 0) is 0 Å². The molecule has 0 saturated carbocycles. The van der Waals surface area contributed by atoms with E-state index in [-0.39, 0.29) is 0 Å². The molecule has 0 bridgehead atoms. The Bertz CT molecular complexity index is 3490. The van der Waals surface area contributed by atoms with Crippen LogP contribution in [0, 0.1) is 0 Å². The number of fused-ring (bicyclic) bond motifs is 7. The van der Waals surface area contributed by atoms with Crippen LogP contribution in [0.15, 0.2) is 262 Å². The first-order valence-electron chi connectivity index (χ1n) is 20.9. The van der Waals surface area contributed by atoms with Crippen LogP contribution < -0.4 is 0 Å². The third kappa shape index (κ3) is 5.59. The predicted octanol–water partition coefficient (Wildman–Crippen LogP) is 16.0. The van der Waals surface area contributed by atoms with E-state index < -0.39 is 10.0 Å². The summed E-state index contributed by atoms with van der Waals surface area (Å²) in [4.78, 5) is 5.24. The molecule has 3 heteroatoms. The van der Waals surface area contributed by atoms with Crippen LogP contribution in [-0.4, -0.2) is 9.13 Å². The molecule has 0 spiro atoms. The van der Waals surface area contributed by atoms with Crippen molar-refractivity contribution in [3.05, 3.63) is 243 Å². The van der Waals surface area contributed by atoms with Gasteiger partial charge in [-0.3, -0.25) is 0 Å². The molecule has 0 atom stereocenters. The van der Waals surface area contributed by atoms with E-state index in [0.29, 0.717) is 0 Å². The summed E-state index contributed by atoms with van der Waals surface area (Å²) in [5.41, 5.74) is 9.54. The summed E-state index contributed by atoms with van der Waals surface area (Å²) < 4.78 is 4.87. The lowest BCUT2D eigenvalue weighted by Gasteiger charge is -2.42. The van der Waals surface area contributed by atoms with E-state index in [1.807, 2.05) is 0 Å². The van der Waals surface area contributed by atoms with Gasteiger partial charge in [0.1, 0.15) is 0 Å². The maximum Gasteiger partial charge on any atom is 0.0541 e. The molecule has 12 aromatic rings. The molecule has 0 unspecified atom stereocenters. The van der Waals surface area contributed by atoms with E-state index in [9.17, 15) is 0 Å². The van der Waals surface area contributed by atoms with Gasteiger partial charge in [0, 0.05) is 52.5 Å². The average molecular weight is 797 g/mol. The number of nitrogens with zero attached hydrogens (tertiary/aromatic N) is 2. The molecule has 288 valence electrons. The van der Waals surface area contributed by atoms with Gasteiger partial charge in [-0.05, 0) is 125 Å². The van der Waals surface area contributed by atoms with Gasteiger partial charge in [0.05, 0.1) is 22.1 Å². The molecule has 0 radical (unpaired) electrons. The topological polar surface area (TPSA) is 9.86 Å². The first kappa shape index (κ1) is 35.4. The zero-order valence-electron chi connectivity index (χ0n) is 33.4. The smallest absolute Gasteiger partial charge is 0.0541 e. The Labute approximate surface area is 356 Å². The molecule has 0 N–H and O–H groups in total. The van der Waals surface area contributed by atoms with Crippen molar-refractivity contribution < 1.29 is 0 Å². The molecular formula is C58H40N2S. The maximum atomic E-state index is 2.46. The Morgan fingerprint density at radius 1 is 0.246 bits per heavy atom. The monoisotopic (exact) mass is 796 g/mol. The molecule has 2 heterocycles. The van der Waals surface area contributed by atoms with Gasteiger partial charge >= 0.3 is 0 Å². The summed E-state index contributed by atoms with van der Waals surface area (Å²) in [6, 6.07) is 89.6. The minimum atomic E-state index is -1.85. The van der Waals surface area contributed by atoms with E-state index in [0.717, 1.165) is 5.69 Å². The van der Waals surface area contributed by atoms with Gasteiger partial charge in [0.25, 0.3) is 0 Å². The highest BCUT2D eigenvalue weighted by molar-refractivity contribution is 8.34. The molecular weight excluding hydrogens is 757 g/mol. The van der Waals surface area contributed by atoms with Gasteiger partial charge in [-0.1, -0.05) is 140 Å². The van der Waals surface area contributed by atoms with Gasteiger partial charge in [-0.2, -0.15) is 0 Å². The average Bonchev–Trinajstić information content (AvgIpc) is 3.85. The zero-order valence-corrected chi connectivity index (χ0v) is 34.2. The van der Waals surface area contributed by atoms with Crippen molar-refractivity contribution in [1.29, 1.82) is 0 Å². The largest absolute Gasteiger partial charge is 0.309 e. The third-order valence-electron chi connectivity index (χ3n) is 12.4. The van der Waals surface area contributed by atoms with Crippen molar-refractivity contribution in [2.75, 3.05) is 0 Å². The van der Waals surface area contributed by atoms with Crippen molar-refractivity contribution in [2.24, 2.45) is 0 Å². The lowest BCUT2D eigenvalue weighted by atomic mass is 10.0. The van der Waals surface area contributed by atoms with Crippen LogP contribution in [0.4, 0.5) is 0 Å². The fourth-order valence-electron chi connectivity index (χ4n) is 9.68. The quantitative estimate of drug-likeness (QED) is 0.152. The van der Waals surface area contributed by atoms with Crippen LogP contribution in [0.25, 0.3) is 76.9 Å². The number of aromatic nitrogens is 2. The van der Waals surface area contributed by atoms with Crippen LogP contribution in [0.2, 0.25) is 0 Å². The van der Waals surface area contributed by atoms with E-state index >= 15 is 0 Å². The maximum absolute atomic E-state index is 2.46. The second-order valence-corrected chi connectivity index (χ2v) is 18.9. The highest BCUT2D eigenvalue weighted by atomic mass is 32.3. The zero-order chi connectivity index (χ0) is 40.3. The fraction of sp³-hybridized carbons (Fsp3) is 0. The molecule has 61 heavy (non-hydrogen) atoms. The molecule has 0 aliphatic rings. The molecule has 2 nitrogen and oxygen atoms in total. The fourth-order valence-corrected chi connectivity index (χ4v) is 13.6. The van der Waals surface area contributed by atoms with Gasteiger partial charge in [-0.15, -0.1) is 10.0 Å². The summed E-state index contributed by atoms with van der Waals surface area (Å²) in [6.45, 7) is 0. The Morgan fingerprint density at radius 3 is 1.21 bits per heavy atom. The van der Waals surface area contributed by atoms with E-state index in [2.05, 4.69) is 252 Å². The molecule has 0 fully saturated rings. The number of benzene rings is 10. The van der Waals surface area contributed by atoms with Crippen molar-refractivity contribution in [2.45, 2.75) is 19.6 Å². The molecule has 0 aliphatic carbocycles. The molecule has 0 amide bonds. The highest BCUT2D eigenvalue weighted by Crippen LogP contribution is 2.73. The van der Waals surface area contributed by atoms with Crippen LogP contribution in [0.5, 0.6) is 0 Å². The van der Waals surface area contributed by atoms with Gasteiger partial charge in [0.2, 0.25) is 0 Å². The van der Waals surface area contributed by atoms with Crippen LogP contribution in [0.1, 0.15) is 0 Å². The van der Waals surface area contributed by atoms with Crippen molar-refractivity contribution in [3.8, 4) is 22.5 Å². The lowest BCUT2D eigenvalue weighted by molar-refractivity contribution is 1.15. The van der Waals surface area contributed by atoms with Crippen molar-refractivity contribution in [3.63, 3.8) is 0 Å². The van der Waals surface area contributed by atoms with Gasteiger partial charge < -0.3 is 9.13 Å². The normalized spacial score (nSPS) is 12.2. The molecule has 2 aromatic heterocycles. The van der Waals surface area contributed by atoms with Crippen molar-refractivity contribution >= 4 is 64.4 Å². The summed E-state index contributed by atoms with van der Waals surface area (Å²) in [5, 5.41) is 7.48. The Hall–Kier alpha value is -7.59. The summed E-state index contributed by atoms with van der Waals surface area (Å²) in [7, 11) is -1.85. The number of rotatable bonds is 7. The standard InChI is InChI=1S/C58H40N2S/c1-4-20-47(21-5-1)61(48-22-6-2-7-23-48,49-24-8-3-9-25-49)50-26-16-19-45(40-50)59-55-29-14-12-27-51(55)53-38-43(32-35-57(53)59)44-33-36-58-54(39-44)52-28-13-15-30-56(52)60(58)46-34-31-41-17-10-11-18-42(41)37-46/h1-40H. The number of hydrogen-bond acceptors (Lipinski definition) is 0. The molecule has 10 aromatic carbocycles. The minimum absolute atomic E-state index is 1.15. The summed E-state index contributed by atoms with van der Waals surface area (Å²) in [5.74, 6) is 0. The molecule has 12 rings (SSSR count). The molecule has 0 aliphatic heterocycles. The first-order chi connectivity index (χ1) is 30.3. The van der Waals surface area contributed by atoms with Crippen molar-refractivity contribution in [1.82, 2.24) is 9.13 Å². The summed E-state index contributed by atoms with van der Waals surface area (Å²) in [6.07, 6.45) is 0. The summed E-state index contributed by atoms with van der Waals surface area (Å²) >= 11 is 0. The highest BCUT2D eigenvalue weighted by Gasteiger charge is 2.33. The van der Waals surface area contributed by atoms with E-state index in [1.165, 1.54) is 90.8 Å². The van der Waals surface area contributed by atoms with Gasteiger partial charge in [-0.25, -0.2) is 0 Å². The number of hydrogen-bond donors (Lipinski definition) is 0. The minimum Gasteiger partial charge on any atom is -0.309 e. The molecule has 0 saturated heterocycles. The van der Waals surface area contributed by atoms with E-state index in [4.69, 9.17) is 0 Å².